The van der Waals surface area contributed by atoms with Crippen molar-refractivity contribution in [2.75, 3.05) is 18.4 Å². The van der Waals surface area contributed by atoms with Crippen LogP contribution in [0, 0.1) is 12.8 Å². The second kappa shape index (κ2) is 10.2. The van der Waals surface area contributed by atoms with Crippen molar-refractivity contribution in [3.8, 4) is 16.9 Å². The van der Waals surface area contributed by atoms with Gasteiger partial charge >= 0.3 is 0 Å². The monoisotopic (exact) mass is 456 g/mol. The third kappa shape index (κ3) is 5.43. The largest absolute Gasteiger partial charge is 0.459 e. The normalized spacial score (nSPS) is 10.9. The molecule has 0 aliphatic rings. The van der Waals surface area contributed by atoms with Gasteiger partial charge in [-0.3, -0.25) is 19.5 Å². The van der Waals surface area contributed by atoms with Gasteiger partial charge in [0.25, 0.3) is 5.91 Å². The van der Waals surface area contributed by atoms with Crippen LogP contribution >= 0.6 is 0 Å². The number of nitrogens with zero attached hydrogens (tertiary/aromatic N) is 3. The Bertz CT molecular complexity index is 1260. The number of carbonyl (C=O) groups is 2. The lowest BCUT2D eigenvalue weighted by molar-refractivity contribution is -0.117. The number of hydrogen-bond donors (Lipinski definition) is 1. The summed E-state index contributed by atoms with van der Waals surface area (Å²) in [6.45, 7) is 6.32. The summed E-state index contributed by atoms with van der Waals surface area (Å²) >= 11 is 0. The molecule has 0 bridgehead atoms. The highest BCUT2D eigenvalue weighted by molar-refractivity contribution is 5.97. The molecule has 2 aromatic heterocycles. The summed E-state index contributed by atoms with van der Waals surface area (Å²) in [5.41, 5.74) is 3.66. The van der Waals surface area contributed by atoms with Crippen LogP contribution in [0.2, 0.25) is 0 Å². The number of furan rings is 1. The lowest BCUT2D eigenvalue weighted by atomic mass is 10.2. The number of aryl methyl sites for hydroxylation is 1. The van der Waals surface area contributed by atoms with Gasteiger partial charge in [-0.1, -0.05) is 56.3 Å². The molecule has 2 aromatic carbocycles. The van der Waals surface area contributed by atoms with E-state index in [1.54, 1.807) is 12.1 Å². The molecule has 4 aromatic rings. The summed E-state index contributed by atoms with van der Waals surface area (Å²) in [6, 6.07) is 21.0. The Morgan fingerprint density at radius 3 is 2.53 bits per heavy atom. The van der Waals surface area contributed by atoms with E-state index in [1.165, 1.54) is 11.2 Å². The Morgan fingerprint density at radius 1 is 1.06 bits per heavy atom. The number of rotatable bonds is 8. The van der Waals surface area contributed by atoms with Crippen molar-refractivity contribution in [2.24, 2.45) is 5.92 Å². The minimum absolute atomic E-state index is 0.112. The summed E-state index contributed by atoms with van der Waals surface area (Å²) in [5, 5.41) is 2.91. The summed E-state index contributed by atoms with van der Waals surface area (Å²) < 4.78 is 7.11. The van der Waals surface area contributed by atoms with Crippen molar-refractivity contribution in [1.29, 1.82) is 0 Å². The predicted octanol–water partition coefficient (Wildman–Crippen LogP) is 5.18. The van der Waals surface area contributed by atoms with Crippen molar-refractivity contribution in [2.45, 2.75) is 20.8 Å². The molecule has 0 fully saturated rings. The second-order valence-electron chi connectivity index (χ2n) is 8.63. The van der Waals surface area contributed by atoms with Crippen molar-refractivity contribution in [3.63, 3.8) is 0 Å². The quantitative estimate of drug-likeness (QED) is 0.396. The Morgan fingerprint density at radius 2 is 1.85 bits per heavy atom. The smallest absolute Gasteiger partial charge is 0.290 e. The van der Waals surface area contributed by atoms with Crippen LogP contribution in [-0.4, -0.2) is 39.4 Å². The Hall–Kier alpha value is -4.13. The number of aromatic nitrogens is 2. The van der Waals surface area contributed by atoms with Gasteiger partial charge in [0.05, 0.1) is 12.0 Å². The number of carbonyl (C=O) groups excluding carboxylic acids is 2. The zero-order valence-electron chi connectivity index (χ0n) is 19.6. The molecule has 174 valence electrons. The first-order chi connectivity index (χ1) is 16.4. The van der Waals surface area contributed by atoms with Crippen LogP contribution in [0.3, 0.4) is 0 Å². The molecule has 34 heavy (non-hydrogen) atoms. The lowest BCUT2D eigenvalue weighted by Crippen LogP contribution is -2.40. The summed E-state index contributed by atoms with van der Waals surface area (Å²) in [4.78, 5) is 32.2. The fraction of sp³-hybridized carbons (Fsp3) is 0.222. The minimum Gasteiger partial charge on any atom is -0.459 e. The average molecular weight is 457 g/mol. The van der Waals surface area contributed by atoms with Crippen LogP contribution in [0.4, 0.5) is 5.95 Å². The number of amides is 2. The standard InChI is InChI=1S/C27H28N4O3/c1-19(2)16-30(26(33)24-13-8-14-34-24)18-25(32)29-27-28-23(21-10-5-4-6-11-21)17-31(27)22-12-7-9-20(3)15-22/h4-15,17,19H,16,18H2,1-3H3,(H,28,29,32). The zero-order chi connectivity index (χ0) is 24.1. The minimum atomic E-state index is -0.334. The van der Waals surface area contributed by atoms with Gasteiger partial charge in [0.1, 0.15) is 6.54 Å². The molecule has 0 atom stereocenters. The molecule has 0 aliphatic carbocycles. The second-order valence-corrected chi connectivity index (χ2v) is 8.63. The van der Waals surface area contributed by atoms with Crippen LogP contribution in [0.15, 0.2) is 83.6 Å². The molecule has 7 nitrogen and oxygen atoms in total. The van der Waals surface area contributed by atoms with E-state index in [9.17, 15) is 9.59 Å². The average Bonchev–Trinajstić information content (AvgIpc) is 3.49. The Kier molecular flexibility index (Phi) is 6.92. The predicted molar refractivity (Wildman–Crippen MR) is 132 cm³/mol. The van der Waals surface area contributed by atoms with Gasteiger partial charge in [-0.05, 0) is 42.7 Å². The van der Waals surface area contributed by atoms with E-state index in [4.69, 9.17) is 9.40 Å². The molecule has 0 saturated carbocycles. The topological polar surface area (TPSA) is 80.4 Å². The number of anilines is 1. The van der Waals surface area contributed by atoms with Gasteiger partial charge in [0, 0.05) is 24.0 Å². The molecular formula is C27H28N4O3. The highest BCUT2D eigenvalue weighted by Gasteiger charge is 2.23. The number of imidazole rings is 1. The molecule has 0 radical (unpaired) electrons. The van der Waals surface area contributed by atoms with E-state index >= 15 is 0 Å². The maximum absolute atomic E-state index is 13.1. The van der Waals surface area contributed by atoms with Crippen LogP contribution < -0.4 is 5.32 Å². The third-order valence-corrected chi connectivity index (χ3v) is 5.25. The number of benzene rings is 2. The SMILES string of the molecule is Cc1cccc(-n2cc(-c3ccccc3)nc2NC(=O)CN(CC(C)C)C(=O)c2ccco2)c1. The highest BCUT2D eigenvalue weighted by Crippen LogP contribution is 2.24. The van der Waals surface area contributed by atoms with Crippen LogP contribution in [0.1, 0.15) is 30.0 Å². The molecule has 2 amide bonds. The van der Waals surface area contributed by atoms with E-state index in [1.807, 2.05) is 86.1 Å². The van der Waals surface area contributed by atoms with Gasteiger partial charge < -0.3 is 9.32 Å². The molecule has 0 aliphatic heterocycles. The van der Waals surface area contributed by atoms with Gasteiger partial charge in [0.15, 0.2) is 5.76 Å². The van der Waals surface area contributed by atoms with Gasteiger partial charge in [0.2, 0.25) is 11.9 Å². The fourth-order valence-corrected chi connectivity index (χ4v) is 3.74. The van der Waals surface area contributed by atoms with Gasteiger partial charge in [-0.2, -0.15) is 0 Å². The fourth-order valence-electron chi connectivity index (χ4n) is 3.74. The number of hydrogen-bond acceptors (Lipinski definition) is 4. The van der Waals surface area contributed by atoms with E-state index in [0.717, 1.165) is 22.5 Å². The van der Waals surface area contributed by atoms with Crippen LogP contribution in [0.5, 0.6) is 0 Å². The molecule has 2 heterocycles. The van der Waals surface area contributed by atoms with Crippen molar-refractivity contribution < 1.29 is 14.0 Å². The molecular weight excluding hydrogens is 428 g/mol. The molecule has 0 spiro atoms. The van der Waals surface area contributed by atoms with Gasteiger partial charge in [-0.25, -0.2) is 4.98 Å². The van der Waals surface area contributed by atoms with E-state index in [-0.39, 0.29) is 30.0 Å². The molecule has 1 N–H and O–H groups in total. The summed E-state index contributed by atoms with van der Waals surface area (Å²) in [7, 11) is 0. The maximum Gasteiger partial charge on any atom is 0.290 e. The first-order valence-electron chi connectivity index (χ1n) is 11.2. The van der Waals surface area contributed by atoms with E-state index in [2.05, 4.69) is 5.32 Å². The number of nitrogens with one attached hydrogen (secondary N) is 1. The first-order valence-corrected chi connectivity index (χ1v) is 11.2. The summed E-state index contributed by atoms with van der Waals surface area (Å²) in [5.74, 6) is 0.136. The van der Waals surface area contributed by atoms with Crippen molar-refractivity contribution >= 4 is 17.8 Å². The Labute approximate surface area is 199 Å². The van der Waals surface area contributed by atoms with Crippen molar-refractivity contribution in [3.05, 3.63) is 90.5 Å². The highest BCUT2D eigenvalue weighted by atomic mass is 16.3. The molecule has 0 saturated heterocycles. The van der Waals surface area contributed by atoms with Crippen LogP contribution in [0.25, 0.3) is 16.9 Å². The molecule has 0 unspecified atom stereocenters. The van der Waals surface area contributed by atoms with E-state index in [0.29, 0.717) is 12.5 Å². The first kappa shape index (κ1) is 23.0. The maximum atomic E-state index is 13.1. The molecule has 7 heteroatoms. The Balaban J connectivity index is 1.61. The van der Waals surface area contributed by atoms with Crippen LogP contribution in [-0.2, 0) is 4.79 Å². The third-order valence-electron chi connectivity index (χ3n) is 5.25. The lowest BCUT2D eigenvalue weighted by Gasteiger charge is -2.23. The van der Waals surface area contributed by atoms with Gasteiger partial charge in [-0.15, -0.1) is 0 Å². The van der Waals surface area contributed by atoms with Crippen molar-refractivity contribution in [1.82, 2.24) is 14.5 Å². The summed E-state index contributed by atoms with van der Waals surface area (Å²) in [6.07, 6.45) is 3.35. The molecule has 4 rings (SSSR count). The zero-order valence-corrected chi connectivity index (χ0v) is 19.6. The van der Waals surface area contributed by atoms with E-state index < -0.39 is 0 Å².